The second-order valence-corrected chi connectivity index (χ2v) is 6.45. The van der Waals surface area contributed by atoms with E-state index in [1.54, 1.807) is 0 Å². The molecule has 1 aromatic rings. The maximum absolute atomic E-state index is 5.77. The number of ether oxygens (including phenoxy) is 1. The third kappa shape index (κ3) is 3.12. The molecule has 2 fully saturated rings. The molecular formula is C15H20N2OS. The van der Waals surface area contributed by atoms with Crippen molar-refractivity contribution in [2.75, 3.05) is 18.9 Å². The Morgan fingerprint density at radius 3 is 3.00 bits per heavy atom. The maximum Gasteiger partial charge on any atom is 0.157 e. The molecular weight excluding hydrogens is 256 g/mol. The van der Waals surface area contributed by atoms with E-state index in [-0.39, 0.29) is 5.60 Å². The van der Waals surface area contributed by atoms with Gasteiger partial charge in [0.15, 0.2) is 5.17 Å². The monoisotopic (exact) mass is 276 g/mol. The molecule has 0 saturated carbocycles. The molecule has 3 rings (SSSR count). The molecule has 4 heteroatoms. The first-order valence-electron chi connectivity index (χ1n) is 6.88. The normalized spacial score (nSPS) is 32.7. The molecule has 102 valence electrons. The molecule has 0 aliphatic carbocycles. The fourth-order valence-electron chi connectivity index (χ4n) is 2.55. The summed E-state index contributed by atoms with van der Waals surface area (Å²) in [6, 6.07) is 11.0. The summed E-state index contributed by atoms with van der Waals surface area (Å²) in [4.78, 5) is 4.70. The van der Waals surface area contributed by atoms with Crippen LogP contribution in [0.2, 0.25) is 0 Å². The molecule has 1 N–H and O–H groups in total. The van der Waals surface area contributed by atoms with E-state index in [0.717, 1.165) is 36.9 Å². The van der Waals surface area contributed by atoms with Crippen LogP contribution in [0.3, 0.4) is 0 Å². The van der Waals surface area contributed by atoms with E-state index < -0.39 is 0 Å². The molecule has 0 amide bonds. The van der Waals surface area contributed by atoms with Gasteiger partial charge in [-0.2, -0.15) is 0 Å². The van der Waals surface area contributed by atoms with Gasteiger partial charge in [-0.15, -0.1) is 0 Å². The summed E-state index contributed by atoms with van der Waals surface area (Å²) < 4.78 is 5.77. The molecule has 0 radical (unpaired) electrons. The highest BCUT2D eigenvalue weighted by Gasteiger charge is 2.30. The number of benzene rings is 1. The van der Waals surface area contributed by atoms with Crippen molar-refractivity contribution >= 4 is 16.9 Å². The van der Waals surface area contributed by atoms with Crippen molar-refractivity contribution in [2.45, 2.75) is 31.4 Å². The van der Waals surface area contributed by atoms with Crippen molar-refractivity contribution in [3.63, 3.8) is 0 Å². The van der Waals surface area contributed by atoms with E-state index >= 15 is 0 Å². The maximum atomic E-state index is 5.77. The van der Waals surface area contributed by atoms with Gasteiger partial charge < -0.3 is 10.1 Å². The van der Waals surface area contributed by atoms with Crippen molar-refractivity contribution in [3.05, 3.63) is 35.9 Å². The summed E-state index contributed by atoms with van der Waals surface area (Å²) in [6.45, 7) is 3.82. The number of hydrogen-bond acceptors (Lipinski definition) is 3. The molecule has 0 spiro atoms. The Morgan fingerprint density at radius 1 is 1.42 bits per heavy atom. The van der Waals surface area contributed by atoms with Crippen LogP contribution < -0.4 is 5.32 Å². The summed E-state index contributed by atoms with van der Waals surface area (Å²) in [7, 11) is 0. The zero-order chi connectivity index (χ0) is 13.1. The lowest BCUT2D eigenvalue weighted by atomic mass is 10.0. The Hall–Kier alpha value is -1.00. The van der Waals surface area contributed by atoms with Crippen molar-refractivity contribution in [3.8, 4) is 0 Å². The van der Waals surface area contributed by atoms with Gasteiger partial charge >= 0.3 is 0 Å². The summed E-state index contributed by atoms with van der Waals surface area (Å²) in [5, 5.41) is 4.57. The van der Waals surface area contributed by atoms with Gasteiger partial charge in [0, 0.05) is 12.4 Å². The van der Waals surface area contributed by atoms with Crippen LogP contribution in [0.25, 0.3) is 0 Å². The van der Waals surface area contributed by atoms with Crippen LogP contribution >= 0.6 is 11.8 Å². The molecule has 2 unspecified atom stereocenters. The molecule has 2 atom stereocenters. The van der Waals surface area contributed by atoms with Gasteiger partial charge in [0.2, 0.25) is 0 Å². The highest BCUT2D eigenvalue weighted by molar-refractivity contribution is 8.14. The summed E-state index contributed by atoms with van der Waals surface area (Å²) in [6.07, 6.45) is 2.28. The molecule has 2 aliphatic heterocycles. The van der Waals surface area contributed by atoms with Crippen molar-refractivity contribution in [1.29, 1.82) is 0 Å². The Kier molecular flexibility index (Phi) is 3.80. The number of aliphatic imine (C=N–C) groups is 1. The van der Waals surface area contributed by atoms with E-state index in [1.165, 1.54) is 5.56 Å². The lowest BCUT2D eigenvalue weighted by Gasteiger charge is -2.20. The molecule has 2 aliphatic rings. The van der Waals surface area contributed by atoms with Crippen LogP contribution in [0.1, 0.15) is 31.4 Å². The van der Waals surface area contributed by atoms with Crippen LogP contribution in [0.15, 0.2) is 35.3 Å². The van der Waals surface area contributed by atoms with E-state index in [4.69, 9.17) is 9.73 Å². The van der Waals surface area contributed by atoms with Gasteiger partial charge in [-0.05, 0) is 25.3 Å². The van der Waals surface area contributed by atoms with Gasteiger partial charge in [0.25, 0.3) is 0 Å². The van der Waals surface area contributed by atoms with Gasteiger partial charge in [0.05, 0.1) is 18.2 Å². The summed E-state index contributed by atoms with van der Waals surface area (Å²) in [5.41, 5.74) is 1.30. The van der Waals surface area contributed by atoms with Crippen LogP contribution in [-0.4, -0.2) is 29.7 Å². The van der Waals surface area contributed by atoms with Crippen molar-refractivity contribution in [2.24, 2.45) is 4.99 Å². The van der Waals surface area contributed by atoms with Crippen LogP contribution in [0, 0.1) is 0 Å². The van der Waals surface area contributed by atoms with Gasteiger partial charge in [0.1, 0.15) is 0 Å². The number of nitrogens with one attached hydrogen (secondary N) is 1. The SMILES string of the molecule is CC1(CN=C2NC(c3ccccc3)CS2)CCCO1. The van der Waals surface area contributed by atoms with E-state index in [2.05, 4.69) is 42.6 Å². The average molecular weight is 276 g/mol. The third-order valence-electron chi connectivity index (χ3n) is 3.74. The Bertz CT molecular complexity index is 454. The third-order valence-corrected chi connectivity index (χ3v) is 4.76. The van der Waals surface area contributed by atoms with Gasteiger partial charge in [-0.3, -0.25) is 4.99 Å². The summed E-state index contributed by atoms with van der Waals surface area (Å²) in [5.74, 6) is 1.06. The van der Waals surface area contributed by atoms with Crippen molar-refractivity contribution in [1.82, 2.24) is 5.32 Å². The minimum atomic E-state index is -0.0416. The predicted molar refractivity (Wildman–Crippen MR) is 80.7 cm³/mol. The smallest absolute Gasteiger partial charge is 0.157 e. The Labute approximate surface area is 118 Å². The van der Waals surface area contributed by atoms with E-state index in [9.17, 15) is 0 Å². The first-order valence-corrected chi connectivity index (χ1v) is 7.86. The molecule has 2 saturated heterocycles. The predicted octanol–water partition coefficient (Wildman–Crippen LogP) is 2.99. The topological polar surface area (TPSA) is 33.6 Å². The number of hydrogen-bond donors (Lipinski definition) is 1. The molecule has 0 aromatic heterocycles. The minimum absolute atomic E-state index is 0.0416. The van der Waals surface area contributed by atoms with Gasteiger partial charge in [-0.25, -0.2) is 0 Å². The summed E-state index contributed by atoms with van der Waals surface area (Å²) >= 11 is 1.81. The molecule has 2 heterocycles. The van der Waals surface area contributed by atoms with Crippen LogP contribution in [0.5, 0.6) is 0 Å². The molecule has 1 aromatic carbocycles. The zero-order valence-electron chi connectivity index (χ0n) is 11.3. The van der Waals surface area contributed by atoms with Crippen molar-refractivity contribution < 1.29 is 4.74 Å². The number of nitrogens with zero attached hydrogens (tertiary/aromatic N) is 1. The molecule has 0 bridgehead atoms. The fraction of sp³-hybridized carbons (Fsp3) is 0.533. The number of amidine groups is 1. The standard InChI is InChI=1S/C15H20N2OS/c1-15(8-5-9-18-15)11-16-14-17-13(10-19-14)12-6-3-2-4-7-12/h2-4,6-7,13H,5,8-11H2,1H3,(H,16,17). The van der Waals surface area contributed by atoms with Gasteiger partial charge in [-0.1, -0.05) is 42.1 Å². The lowest BCUT2D eigenvalue weighted by molar-refractivity contribution is 0.0285. The first kappa shape index (κ1) is 13.0. The Morgan fingerprint density at radius 2 is 2.26 bits per heavy atom. The number of rotatable bonds is 3. The van der Waals surface area contributed by atoms with E-state index in [0.29, 0.717) is 6.04 Å². The second-order valence-electron chi connectivity index (χ2n) is 5.44. The Balaban J connectivity index is 1.59. The molecule has 19 heavy (non-hydrogen) atoms. The quantitative estimate of drug-likeness (QED) is 0.921. The minimum Gasteiger partial charge on any atom is -0.373 e. The highest BCUT2D eigenvalue weighted by Crippen LogP contribution is 2.28. The largest absolute Gasteiger partial charge is 0.373 e. The first-order chi connectivity index (χ1) is 9.25. The lowest BCUT2D eigenvalue weighted by Crippen LogP contribution is -2.28. The van der Waals surface area contributed by atoms with Crippen LogP contribution in [-0.2, 0) is 4.74 Å². The number of thioether (sulfide) groups is 1. The zero-order valence-corrected chi connectivity index (χ0v) is 12.1. The van der Waals surface area contributed by atoms with E-state index in [1.807, 2.05) is 11.8 Å². The highest BCUT2D eigenvalue weighted by atomic mass is 32.2. The van der Waals surface area contributed by atoms with Crippen LogP contribution in [0.4, 0.5) is 0 Å². The fourth-order valence-corrected chi connectivity index (χ4v) is 3.53. The second kappa shape index (κ2) is 5.55. The molecule has 3 nitrogen and oxygen atoms in total. The average Bonchev–Trinajstić information content (AvgIpc) is 3.07.